The molecule has 16 heavy (non-hydrogen) atoms. The maximum Gasteiger partial charge on any atom is 0.136 e. The Morgan fingerprint density at radius 2 is 2.06 bits per heavy atom. The Bertz CT molecular complexity index is 482. The normalized spacial score (nSPS) is 19.6. The van der Waals surface area contributed by atoms with Gasteiger partial charge in [-0.25, -0.2) is 0 Å². The average molecular weight is 250 g/mol. The number of hydrogen-bond donors (Lipinski definition) is 1. The molecular formula is C13H14OS2. The molecule has 0 amide bonds. The van der Waals surface area contributed by atoms with E-state index in [1.54, 1.807) is 22.7 Å². The van der Waals surface area contributed by atoms with Crippen molar-refractivity contribution in [2.45, 2.75) is 25.4 Å². The van der Waals surface area contributed by atoms with Gasteiger partial charge in [-0.2, -0.15) is 0 Å². The lowest BCUT2D eigenvalue weighted by Crippen LogP contribution is -2.28. The Hall–Kier alpha value is -0.640. The molecule has 1 fully saturated rings. The summed E-state index contributed by atoms with van der Waals surface area (Å²) < 4.78 is 0. The van der Waals surface area contributed by atoms with Crippen molar-refractivity contribution in [3.8, 4) is 0 Å². The van der Waals surface area contributed by atoms with Crippen LogP contribution < -0.4 is 0 Å². The zero-order chi connectivity index (χ0) is 11.2. The first-order chi connectivity index (χ1) is 7.73. The lowest BCUT2D eigenvalue weighted by atomic mass is 9.92. The highest BCUT2D eigenvalue weighted by atomic mass is 32.1. The highest BCUT2D eigenvalue weighted by Crippen LogP contribution is 2.52. The quantitative estimate of drug-likeness (QED) is 0.879. The zero-order valence-corrected chi connectivity index (χ0v) is 10.8. The van der Waals surface area contributed by atoms with Gasteiger partial charge in [0.15, 0.2) is 0 Å². The third-order valence-corrected chi connectivity index (χ3v) is 5.41. The summed E-state index contributed by atoms with van der Waals surface area (Å²) in [5.41, 5.74) is 0.500. The first-order valence-electron chi connectivity index (χ1n) is 5.54. The fourth-order valence-electron chi connectivity index (χ4n) is 2.26. The Balaban J connectivity index is 2.14. The van der Waals surface area contributed by atoms with Crippen molar-refractivity contribution >= 4 is 22.7 Å². The van der Waals surface area contributed by atoms with E-state index in [0.717, 1.165) is 22.6 Å². The van der Waals surface area contributed by atoms with E-state index in [-0.39, 0.29) is 0 Å². The van der Waals surface area contributed by atoms with Crippen LogP contribution in [0.1, 0.15) is 28.2 Å². The molecule has 0 bridgehead atoms. The Labute approximate surface area is 103 Å². The molecule has 2 heterocycles. The second-order valence-electron chi connectivity index (χ2n) is 4.45. The minimum atomic E-state index is -0.716. The van der Waals surface area contributed by atoms with E-state index in [9.17, 15) is 5.11 Å². The van der Waals surface area contributed by atoms with Crippen LogP contribution in [-0.2, 0) is 5.60 Å². The number of aryl methyl sites for hydroxylation is 1. The second-order valence-corrected chi connectivity index (χ2v) is 6.31. The van der Waals surface area contributed by atoms with Crippen molar-refractivity contribution in [3.63, 3.8) is 0 Å². The maximum atomic E-state index is 11.1. The number of rotatable bonds is 3. The Morgan fingerprint density at radius 3 is 2.56 bits per heavy atom. The summed E-state index contributed by atoms with van der Waals surface area (Å²) >= 11 is 3.34. The molecule has 1 aliphatic rings. The summed E-state index contributed by atoms with van der Waals surface area (Å²) in [7, 11) is 0. The van der Waals surface area contributed by atoms with Crippen LogP contribution in [0.5, 0.6) is 0 Å². The number of aliphatic hydroxyl groups is 1. The van der Waals surface area contributed by atoms with Gasteiger partial charge < -0.3 is 5.11 Å². The van der Waals surface area contributed by atoms with E-state index in [4.69, 9.17) is 0 Å². The molecule has 1 atom stereocenters. The minimum Gasteiger partial charge on any atom is -0.378 e. The van der Waals surface area contributed by atoms with Gasteiger partial charge in [0.1, 0.15) is 5.60 Å². The van der Waals surface area contributed by atoms with Crippen molar-refractivity contribution in [1.29, 1.82) is 0 Å². The van der Waals surface area contributed by atoms with E-state index < -0.39 is 5.60 Å². The topological polar surface area (TPSA) is 20.2 Å². The van der Waals surface area contributed by atoms with Crippen molar-refractivity contribution in [2.24, 2.45) is 5.92 Å². The summed E-state index contributed by atoms with van der Waals surface area (Å²) in [4.78, 5) is 2.23. The standard InChI is InChI=1S/C13H14OS2/c1-9-6-8-16-12(9)13(14,10-4-5-10)11-3-2-7-15-11/h2-3,6-8,10,14H,4-5H2,1H3. The van der Waals surface area contributed by atoms with Crippen molar-refractivity contribution < 1.29 is 5.11 Å². The summed E-state index contributed by atoms with van der Waals surface area (Å²) in [6, 6.07) is 6.18. The van der Waals surface area contributed by atoms with Gasteiger partial charge in [-0.05, 0) is 54.1 Å². The molecule has 1 nitrogen and oxygen atoms in total. The molecule has 0 saturated heterocycles. The molecule has 0 spiro atoms. The van der Waals surface area contributed by atoms with Gasteiger partial charge in [0, 0.05) is 9.75 Å². The van der Waals surface area contributed by atoms with Crippen LogP contribution in [0.4, 0.5) is 0 Å². The molecule has 1 N–H and O–H groups in total. The molecule has 0 aromatic carbocycles. The summed E-state index contributed by atoms with van der Waals surface area (Å²) in [6.07, 6.45) is 2.29. The molecule has 2 aromatic heterocycles. The lowest BCUT2D eigenvalue weighted by molar-refractivity contribution is 0.0634. The molecule has 0 aliphatic heterocycles. The van der Waals surface area contributed by atoms with Crippen LogP contribution in [0.15, 0.2) is 29.0 Å². The molecule has 84 valence electrons. The Morgan fingerprint density at radius 1 is 1.25 bits per heavy atom. The monoisotopic (exact) mass is 250 g/mol. The van der Waals surface area contributed by atoms with E-state index in [0.29, 0.717) is 5.92 Å². The van der Waals surface area contributed by atoms with Gasteiger partial charge in [-0.1, -0.05) is 6.07 Å². The highest BCUT2D eigenvalue weighted by Gasteiger charge is 2.48. The molecule has 2 aromatic rings. The largest absolute Gasteiger partial charge is 0.378 e. The Kier molecular flexibility index (Phi) is 2.42. The smallest absolute Gasteiger partial charge is 0.136 e. The van der Waals surface area contributed by atoms with Crippen LogP contribution in [-0.4, -0.2) is 5.11 Å². The van der Waals surface area contributed by atoms with Gasteiger partial charge in [0.05, 0.1) is 0 Å². The van der Waals surface area contributed by atoms with E-state index >= 15 is 0 Å². The van der Waals surface area contributed by atoms with Crippen LogP contribution in [0.25, 0.3) is 0 Å². The van der Waals surface area contributed by atoms with Crippen LogP contribution in [0.3, 0.4) is 0 Å². The van der Waals surface area contributed by atoms with E-state index in [1.807, 2.05) is 11.4 Å². The van der Waals surface area contributed by atoms with E-state index in [1.165, 1.54) is 5.56 Å². The first kappa shape index (κ1) is 10.5. The van der Waals surface area contributed by atoms with Crippen molar-refractivity contribution in [3.05, 3.63) is 44.3 Å². The van der Waals surface area contributed by atoms with Crippen LogP contribution in [0, 0.1) is 12.8 Å². The van der Waals surface area contributed by atoms with Crippen LogP contribution >= 0.6 is 22.7 Å². The van der Waals surface area contributed by atoms with Crippen molar-refractivity contribution in [1.82, 2.24) is 0 Å². The zero-order valence-electron chi connectivity index (χ0n) is 9.14. The summed E-state index contributed by atoms with van der Waals surface area (Å²) in [5, 5.41) is 15.2. The van der Waals surface area contributed by atoms with Crippen molar-refractivity contribution in [2.75, 3.05) is 0 Å². The third-order valence-electron chi connectivity index (χ3n) is 3.27. The first-order valence-corrected chi connectivity index (χ1v) is 7.30. The number of thiophene rings is 2. The van der Waals surface area contributed by atoms with Gasteiger partial charge in [0.25, 0.3) is 0 Å². The minimum absolute atomic E-state index is 0.420. The third kappa shape index (κ3) is 1.46. The van der Waals surface area contributed by atoms with Gasteiger partial charge in [-0.15, -0.1) is 22.7 Å². The average Bonchev–Trinajstić information content (AvgIpc) is 2.81. The SMILES string of the molecule is Cc1ccsc1C(O)(c1cccs1)C1CC1. The van der Waals surface area contributed by atoms with Gasteiger partial charge in [-0.3, -0.25) is 0 Å². The fourth-order valence-corrected chi connectivity index (χ4v) is 4.35. The molecule has 1 saturated carbocycles. The fraction of sp³-hybridized carbons (Fsp3) is 0.385. The molecule has 1 aliphatic carbocycles. The predicted octanol–water partition coefficient (Wildman–Crippen LogP) is 3.76. The highest BCUT2D eigenvalue weighted by molar-refractivity contribution is 7.11. The maximum absolute atomic E-state index is 11.1. The summed E-state index contributed by atoms with van der Waals surface area (Å²) in [6.45, 7) is 2.09. The second kappa shape index (κ2) is 3.69. The number of hydrogen-bond acceptors (Lipinski definition) is 3. The van der Waals surface area contributed by atoms with Crippen LogP contribution in [0.2, 0.25) is 0 Å². The molecule has 3 heteroatoms. The molecule has 1 unspecified atom stereocenters. The summed E-state index contributed by atoms with van der Waals surface area (Å²) in [5.74, 6) is 0.420. The van der Waals surface area contributed by atoms with Gasteiger partial charge in [0.2, 0.25) is 0 Å². The molecule has 3 rings (SSSR count). The molecular weight excluding hydrogens is 236 g/mol. The van der Waals surface area contributed by atoms with E-state index in [2.05, 4.69) is 24.4 Å². The predicted molar refractivity (Wildman–Crippen MR) is 69.1 cm³/mol. The lowest BCUT2D eigenvalue weighted by Gasteiger charge is -2.27. The molecule has 0 radical (unpaired) electrons. The van der Waals surface area contributed by atoms with Gasteiger partial charge >= 0.3 is 0 Å².